The first-order valence-electron chi connectivity index (χ1n) is 17.2. The molecule has 4 aromatic rings. The lowest BCUT2D eigenvalue weighted by Crippen LogP contribution is -2.40. The minimum absolute atomic E-state index is 0.0491. The van der Waals surface area contributed by atoms with Gasteiger partial charge in [0.05, 0.1) is 12.2 Å². The fourth-order valence-electron chi connectivity index (χ4n) is 8.02. The number of carbonyl (C=O) groups excluding carboxylic acids is 2. The van der Waals surface area contributed by atoms with Crippen molar-refractivity contribution >= 4 is 34.6 Å². The number of nitrogens with one attached hydrogen (secondary N) is 1. The van der Waals surface area contributed by atoms with Gasteiger partial charge < -0.3 is 19.7 Å². The van der Waals surface area contributed by atoms with Gasteiger partial charge in [-0.05, 0) is 85.1 Å². The molecule has 1 amide bonds. The zero-order valence-corrected chi connectivity index (χ0v) is 26.8. The Morgan fingerprint density at radius 3 is 2.53 bits per heavy atom. The van der Waals surface area contributed by atoms with Crippen molar-refractivity contribution in [2.24, 2.45) is 5.92 Å². The van der Waals surface area contributed by atoms with E-state index in [1.54, 1.807) is 0 Å². The highest BCUT2D eigenvalue weighted by Gasteiger charge is 2.31. The smallest absolute Gasteiger partial charge is 0.328 e. The number of ether oxygens (including phenoxy) is 1. The largest absolute Gasteiger partial charge is 0.491 e. The zero-order valence-electron chi connectivity index (χ0n) is 26.8. The molecule has 0 spiro atoms. The van der Waals surface area contributed by atoms with Crippen molar-refractivity contribution in [1.29, 1.82) is 0 Å². The number of para-hydroxylation sites is 1. The number of fused-ring (bicyclic) bond motifs is 5. The van der Waals surface area contributed by atoms with E-state index in [9.17, 15) is 14.4 Å². The number of carbonyl (C=O) groups is 3. The number of aromatic nitrogens is 1. The average Bonchev–Trinajstić information content (AvgIpc) is 3.29. The molecule has 7 heteroatoms. The second kappa shape index (κ2) is 13.6. The van der Waals surface area contributed by atoms with Crippen LogP contribution in [-0.2, 0) is 22.6 Å². The molecule has 2 saturated carbocycles. The molecule has 2 atom stereocenters. The minimum Gasteiger partial charge on any atom is -0.491 e. The maximum Gasteiger partial charge on any atom is 0.328 e. The number of benzene rings is 3. The highest BCUT2D eigenvalue weighted by atomic mass is 16.5. The number of hydrogen-bond donors (Lipinski definition) is 2. The standard InChI is InChI=1S/C40H42N2O5/c43-35(23-27-15-13-26(14-16-27)17-20-37(44)45)29-9-6-10-31(24-29)41-40(46)30-18-19-32-34(25-30)42-21-22-47-36-12-5-4-11-33(36)39(42)38(32)28-7-2-1-3-8-28/h4-5,11-20,25,28-29,31H,1-3,6-10,21-24H2,(H,41,46)(H,44,45)/b20-17+. The van der Waals surface area contributed by atoms with Crippen LogP contribution >= 0.6 is 0 Å². The summed E-state index contributed by atoms with van der Waals surface area (Å²) in [5.74, 6) is 0.436. The molecule has 3 aromatic carbocycles. The third-order valence-corrected chi connectivity index (χ3v) is 10.3. The molecule has 2 heterocycles. The quantitative estimate of drug-likeness (QED) is 0.193. The van der Waals surface area contributed by atoms with Crippen LogP contribution in [0, 0.1) is 5.92 Å². The first kappa shape index (κ1) is 31.0. The topological polar surface area (TPSA) is 97.6 Å². The molecule has 0 radical (unpaired) electrons. The summed E-state index contributed by atoms with van der Waals surface area (Å²) in [6.45, 7) is 1.31. The number of rotatable bonds is 8. The molecule has 2 aliphatic carbocycles. The van der Waals surface area contributed by atoms with Crippen LogP contribution in [0.4, 0.5) is 0 Å². The van der Waals surface area contributed by atoms with Crippen molar-refractivity contribution in [3.63, 3.8) is 0 Å². The molecule has 1 aromatic heterocycles. The number of ketones is 1. The van der Waals surface area contributed by atoms with Crippen LogP contribution < -0.4 is 10.1 Å². The van der Waals surface area contributed by atoms with Crippen LogP contribution in [0.2, 0.25) is 0 Å². The van der Waals surface area contributed by atoms with E-state index < -0.39 is 5.97 Å². The van der Waals surface area contributed by atoms with Crippen LogP contribution in [0.5, 0.6) is 5.75 Å². The van der Waals surface area contributed by atoms with E-state index in [1.807, 2.05) is 36.4 Å². The number of Topliss-reactive ketones (excluding diaryl/α,β-unsaturated/α-hetero) is 1. The molecule has 2 unspecified atom stereocenters. The molecule has 0 bridgehead atoms. The van der Waals surface area contributed by atoms with Gasteiger partial charge in [-0.15, -0.1) is 0 Å². The number of hydrogen-bond acceptors (Lipinski definition) is 4. The summed E-state index contributed by atoms with van der Waals surface area (Å²) in [6.07, 6.45) is 12.4. The summed E-state index contributed by atoms with van der Waals surface area (Å²) in [4.78, 5) is 37.8. The van der Waals surface area contributed by atoms with E-state index in [1.165, 1.54) is 54.8 Å². The Morgan fingerprint density at radius 2 is 1.72 bits per heavy atom. The molecule has 0 saturated heterocycles. The van der Waals surface area contributed by atoms with Gasteiger partial charge in [-0.2, -0.15) is 0 Å². The first-order chi connectivity index (χ1) is 22.9. The molecule has 7 rings (SSSR count). The zero-order chi connectivity index (χ0) is 32.3. The van der Waals surface area contributed by atoms with Crippen molar-refractivity contribution < 1.29 is 24.2 Å². The molecule has 3 aliphatic rings. The molecule has 47 heavy (non-hydrogen) atoms. The van der Waals surface area contributed by atoms with Crippen LogP contribution in [0.3, 0.4) is 0 Å². The van der Waals surface area contributed by atoms with E-state index in [0.29, 0.717) is 30.9 Å². The van der Waals surface area contributed by atoms with E-state index in [2.05, 4.69) is 40.2 Å². The second-order valence-electron chi connectivity index (χ2n) is 13.4. The van der Waals surface area contributed by atoms with Gasteiger partial charge in [-0.1, -0.05) is 68.1 Å². The highest BCUT2D eigenvalue weighted by molar-refractivity contribution is 6.01. The summed E-state index contributed by atoms with van der Waals surface area (Å²) < 4.78 is 8.58. The summed E-state index contributed by atoms with van der Waals surface area (Å²) in [7, 11) is 0. The Bertz CT molecular complexity index is 1830. The normalized spacial score (nSPS) is 19.8. The molecule has 2 N–H and O–H groups in total. The fourth-order valence-corrected chi connectivity index (χ4v) is 8.02. The molecular formula is C40H42N2O5. The number of aliphatic carboxylic acids is 1. The van der Waals surface area contributed by atoms with E-state index >= 15 is 0 Å². The number of nitrogens with zero attached hydrogens (tertiary/aromatic N) is 1. The van der Waals surface area contributed by atoms with E-state index in [4.69, 9.17) is 9.84 Å². The molecule has 2 fully saturated rings. The lowest BCUT2D eigenvalue weighted by Gasteiger charge is -2.29. The minimum atomic E-state index is -0.993. The SMILES string of the molecule is O=C(O)/C=C/c1ccc(CC(=O)C2CCCC(NC(=O)c3ccc4c(C5CCCCC5)c5n(c4c3)CCOc3ccccc3-5)C2)cc1. The molecule has 1 aliphatic heterocycles. The predicted molar refractivity (Wildman–Crippen MR) is 184 cm³/mol. The van der Waals surface area contributed by atoms with Crippen LogP contribution in [0.15, 0.2) is 72.8 Å². The molecule has 7 nitrogen and oxygen atoms in total. The van der Waals surface area contributed by atoms with Gasteiger partial charge in [0.1, 0.15) is 18.1 Å². The van der Waals surface area contributed by atoms with Crippen molar-refractivity contribution in [3.05, 3.63) is 95.1 Å². The third-order valence-electron chi connectivity index (χ3n) is 10.3. The average molecular weight is 631 g/mol. The predicted octanol–water partition coefficient (Wildman–Crippen LogP) is 7.95. The van der Waals surface area contributed by atoms with E-state index in [-0.39, 0.29) is 23.7 Å². The lowest BCUT2D eigenvalue weighted by atomic mass is 9.81. The maximum atomic E-state index is 13.7. The van der Waals surface area contributed by atoms with Gasteiger partial charge in [0, 0.05) is 46.5 Å². The maximum absolute atomic E-state index is 13.7. The number of carboxylic acid groups (broad SMARTS) is 1. The van der Waals surface area contributed by atoms with Crippen molar-refractivity contribution in [1.82, 2.24) is 9.88 Å². The van der Waals surface area contributed by atoms with Crippen molar-refractivity contribution in [3.8, 4) is 17.0 Å². The Morgan fingerprint density at radius 1 is 0.915 bits per heavy atom. The molecular weight excluding hydrogens is 588 g/mol. The van der Waals surface area contributed by atoms with Crippen molar-refractivity contribution in [2.75, 3.05) is 6.61 Å². The monoisotopic (exact) mass is 630 g/mol. The van der Waals surface area contributed by atoms with Gasteiger partial charge >= 0.3 is 5.97 Å². The van der Waals surface area contributed by atoms with Crippen LogP contribution in [0.1, 0.15) is 90.8 Å². The summed E-state index contributed by atoms with van der Waals surface area (Å²) >= 11 is 0. The Labute approximate surface area is 275 Å². The Hall–Kier alpha value is -4.65. The van der Waals surface area contributed by atoms with Crippen LogP contribution in [-0.4, -0.2) is 40.0 Å². The lowest BCUT2D eigenvalue weighted by molar-refractivity contribution is -0.131. The van der Waals surface area contributed by atoms with Gasteiger partial charge in [-0.25, -0.2) is 4.79 Å². The van der Waals surface area contributed by atoms with Crippen molar-refractivity contribution in [2.45, 2.75) is 82.7 Å². The highest BCUT2D eigenvalue weighted by Crippen LogP contribution is 2.47. The Kier molecular flexibility index (Phi) is 8.96. The summed E-state index contributed by atoms with van der Waals surface area (Å²) in [5, 5.41) is 13.4. The third kappa shape index (κ3) is 6.62. The Balaban J connectivity index is 1.09. The molecule has 242 valence electrons. The van der Waals surface area contributed by atoms with Gasteiger partial charge in [-0.3, -0.25) is 9.59 Å². The first-order valence-corrected chi connectivity index (χ1v) is 17.2. The summed E-state index contributed by atoms with van der Waals surface area (Å²) in [5.41, 5.74) is 7.22. The van der Waals surface area contributed by atoms with Gasteiger partial charge in [0.25, 0.3) is 5.91 Å². The summed E-state index contributed by atoms with van der Waals surface area (Å²) in [6, 6.07) is 21.9. The van der Waals surface area contributed by atoms with Crippen LogP contribution in [0.25, 0.3) is 28.2 Å². The second-order valence-corrected chi connectivity index (χ2v) is 13.4. The van der Waals surface area contributed by atoms with Gasteiger partial charge in [0.2, 0.25) is 0 Å². The number of amides is 1. The fraction of sp³-hybridized carbons (Fsp3) is 0.375. The number of carboxylic acids is 1. The van der Waals surface area contributed by atoms with Gasteiger partial charge in [0.15, 0.2) is 0 Å². The van der Waals surface area contributed by atoms with E-state index in [0.717, 1.165) is 59.8 Å².